The van der Waals surface area contributed by atoms with Crippen LogP contribution in [0.15, 0.2) is 59.1 Å². The number of hydrogen-bond donors (Lipinski definition) is 0. The van der Waals surface area contributed by atoms with Crippen molar-refractivity contribution in [2.75, 3.05) is 13.2 Å². The van der Waals surface area contributed by atoms with Crippen molar-refractivity contribution in [3.8, 4) is 0 Å². The number of carbonyl (C=O) groups excluding carboxylic acids is 1. The van der Waals surface area contributed by atoms with Gasteiger partial charge in [-0.05, 0) is 37.4 Å². The molecule has 3 rings (SSSR count). The van der Waals surface area contributed by atoms with Crippen molar-refractivity contribution in [2.45, 2.75) is 19.4 Å². The summed E-state index contributed by atoms with van der Waals surface area (Å²) in [6, 6.07) is 16.8. The van der Waals surface area contributed by atoms with Crippen molar-refractivity contribution in [1.29, 1.82) is 0 Å². The molecule has 0 aliphatic heterocycles. The van der Waals surface area contributed by atoms with Crippen LogP contribution in [0.4, 0.5) is 0 Å². The summed E-state index contributed by atoms with van der Waals surface area (Å²) in [6.45, 7) is 4.11. The van der Waals surface area contributed by atoms with E-state index in [2.05, 4.69) is 20.9 Å². The molecule has 0 aliphatic carbocycles. The monoisotopic (exact) mass is 447 g/mol. The van der Waals surface area contributed by atoms with Crippen LogP contribution in [0, 0.1) is 0 Å². The van der Waals surface area contributed by atoms with Crippen molar-refractivity contribution in [1.82, 2.24) is 4.98 Å². The Labute approximate surface area is 171 Å². The lowest BCUT2D eigenvalue weighted by Gasteiger charge is -2.32. The zero-order chi connectivity index (χ0) is 19.4. The Kier molecular flexibility index (Phi) is 6.15. The maximum Gasteiger partial charge on any atom is 0.349 e. The maximum atomic E-state index is 13.3. The van der Waals surface area contributed by atoms with E-state index in [1.165, 1.54) is 0 Å². The van der Waals surface area contributed by atoms with E-state index in [4.69, 9.17) is 21.1 Å². The SMILES string of the molecule is CCOC(=O)C(OCC)(c1ccccc1)c1nc(Cl)cc2ccc(Br)cc12. The quantitative estimate of drug-likeness (QED) is 0.369. The lowest BCUT2D eigenvalue weighted by molar-refractivity contribution is -0.168. The molecule has 3 aromatic rings. The fourth-order valence-electron chi connectivity index (χ4n) is 3.14. The van der Waals surface area contributed by atoms with Gasteiger partial charge in [-0.1, -0.05) is 63.9 Å². The largest absolute Gasteiger partial charge is 0.463 e. The summed E-state index contributed by atoms with van der Waals surface area (Å²) < 4.78 is 12.4. The van der Waals surface area contributed by atoms with Crippen LogP contribution >= 0.6 is 27.5 Å². The number of halogens is 2. The molecular weight excluding hydrogens is 430 g/mol. The number of hydrogen-bond acceptors (Lipinski definition) is 4. The summed E-state index contributed by atoms with van der Waals surface area (Å²) >= 11 is 9.81. The van der Waals surface area contributed by atoms with E-state index in [0.29, 0.717) is 11.3 Å². The molecule has 0 amide bonds. The number of fused-ring (bicyclic) bond motifs is 1. The summed E-state index contributed by atoms with van der Waals surface area (Å²) in [5.74, 6) is -0.519. The first-order chi connectivity index (χ1) is 13.0. The third kappa shape index (κ3) is 3.72. The Morgan fingerprint density at radius 1 is 1.11 bits per heavy atom. The average molecular weight is 449 g/mol. The lowest BCUT2D eigenvalue weighted by Crippen LogP contribution is -2.42. The number of carbonyl (C=O) groups is 1. The van der Waals surface area contributed by atoms with E-state index < -0.39 is 11.6 Å². The van der Waals surface area contributed by atoms with Gasteiger partial charge in [-0.3, -0.25) is 0 Å². The number of rotatable bonds is 6. The molecule has 4 nitrogen and oxygen atoms in total. The highest BCUT2D eigenvalue weighted by Crippen LogP contribution is 2.39. The molecule has 1 aromatic heterocycles. The van der Waals surface area contributed by atoms with Gasteiger partial charge in [-0.2, -0.15) is 0 Å². The van der Waals surface area contributed by atoms with Gasteiger partial charge in [0.15, 0.2) is 0 Å². The summed E-state index contributed by atoms with van der Waals surface area (Å²) in [4.78, 5) is 17.8. The first-order valence-corrected chi connectivity index (χ1v) is 9.83. The first kappa shape index (κ1) is 19.8. The Balaban J connectivity index is 2.42. The number of nitrogens with zero attached hydrogens (tertiary/aromatic N) is 1. The minimum atomic E-state index is -1.52. The highest BCUT2D eigenvalue weighted by atomic mass is 79.9. The van der Waals surface area contributed by atoms with Gasteiger partial charge in [0.1, 0.15) is 5.15 Å². The second kappa shape index (κ2) is 8.38. The smallest absolute Gasteiger partial charge is 0.349 e. The molecular formula is C21H19BrClNO3. The Morgan fingerprint density at radius 2 is 1.85 bits per heavy atom. The van der Waals surface area contributed by atoms with E-state index >= 15 is 0 Å². The second-order valence-electron chi connectivity index (χ2n) is 5.86. The van der Waals surface area contributed by atoms with Gasteiger partial charge < -0.3 is 9.47 Å². The van der Waals surface area contributed by atoms with Crippen molar-refractivity contribution in [2.24, 2.45) is 0 Å². The van der Waals surface area contributed by atoms with Crippen LogP contribution in [-0.2, 0) is 19.9 Å². The molecule has 1 atom stereocenters. The Bertz CT molecular complexity index is 964. The predicted molar refractivity (Wildman–Crippen MR) is 110 cm³/mol. The zero-order valence-corrected chi connectivity index (χ0v) is 17.4. The van der Waals surface area contributed by atoms with E-state index in [0.717, 1.165) is 15.2 Å². The molecule has 6 heteroatoms. The van der Waals surface area contributed by atoms with Gasteiger partial charge in [-0.25, -0.2) is 9.78 Å². The van der Waals surface area contributed by atoms with Crippen LogP contribution in [-0.4, -0.2) is 24.2 Å². The van der Waals surface area contributed by atoms with Crippen molar-refractivity contribution >= 4 is 44.3 Å². The number of aromatic nitrogens is 1. The summed E-state index contributed by atoms with van der Waals surface area (Å²) in [5, 5.41) is 1.90. The lowest BCUT2D eigenvalue weighted by atomic mass is 9.86. The number of pyridine rings is 1. The molecule has 1 unspecified atom stereocenters. The minimum absolute atomic E-state index is 0.225. The molecule has 0 saturated carbocycles. The second-order valence-corrected chi connectivity index (χ2v) is 7.16. The van der Waals surface area contributed by atoms with Gasteiger partial charge in [0, 0.05) is 22.0 Å². The van der Waals surface area contributed by atoms with Crippen LogP contribution in [0.2, 0.25) is 5.15 Å². The van der Waals surface area contributed by atoms with Crippen LogP contribution in [0.25, 0.3) is 10.8 Å². The minimum Gasteiger partial charge on any atom is -0.463 e. The Hall–Kier alpha value is -1.95. The number of esters is 1. The van der Waals surface area contributed by atoms with Gasteiger partial charge in [0.25, 0.3) is 0 Å². The Morgan fingerprint density at radius 3 is 2.52 bits per heavy atom. The average Bonchev–Trinajstić information content (AvgIpc) is 2.67. The molecule has 0 fully saturated rings. The fourth-order valence-corrected chi connectivity index (χ4v) is 3.70. The highest BCUT2D eigenvalue weighted by Gasteiger charge is 2.47. The van der Waals surface area contributed by atoms with E-state index in [1.54, 1.807) is 13.0 Å². The number of benzene rings is 2. The summed E-state index contributed by atoms with van der Waals surface area (Å²) in [6.07, 6.45) is 0. The molecule has 0 bridgehead atoms. The van der Waals surface area contributed by atoms with Crippen LogP contribution in [0.1, 0.15) is 25.1 Å². The van der Waals surface area contributed by atoms with Crippen LogP contribution in [0.5, 0.6) is 0 Å². The molecule has 1 heterocycles. The summed E-state index contributed by atoms with van der Waals surface area (Å²) in [5.41, 5.74) is -0.463. The zero-order valence-electron chi connectivity index (χ0n) is 15.0. The molecule has 0 aliphatic rings. The normalized spacial score (nSPS) is 13.3. The standard InChI is InChI=1S/C21H19BrClNO3/c1-3-26-20(25)21(27-4-2,15-8-6-5-7-9-15)19-17-13-16(22)11-10-14(17)12-18(23)24-19/h5-13H,3-4H2,1-2H3. The maximum absolute atomic E-state index is 13.3. The molecule has 0 saturated heterocycles. The fraction of sp³-hybridized carbons (Fsp3) is 0.238. The molecule has 0 spiro atoms. The molecule has 2 aromatic carbocycles. The third-order valence-corrected chi connectivity index (χ3v) is 4.89. The topological polar surface area (TPSA) is 48.4 Å². The molecule has 27 heavy (non-hydrogen) atoms. The van der Waals surface area contributed by atoms with Gasteiger partial charge in [0.2, 0.25) is 5.60 Å². The highest BCUT2D eigenvalue weighted by molar-refractivity contribution is 9.10. The van der Waals surface area contributed by atoms with Crippen molar-refractivity contribution < 1.29 is 14.3 Å². The number of ether oxygens (including phenoxy) is 2. The molecule has 0 radical (unpaired) electrons. The summed E-state index contributed by atoms with van der Waals surface area (Å²) in [7, 11) is 0. The van der Waals surface area contributed by atoms with E-state index in [1.807, 2.05) is 55.5 Å². The molecule has 0 N–H and O–H groups in total. The van der Waals surface area contributed by atoms with Crippen molar-refractivity contribution in [3.63, 3.8) is 0 Å². The van der Waals surface area contributed by atoms with Crippen LogP contribution in [0.3, 0.4) is 0 Å². The van der Waals surface area contributed by atoms with Crippen molar-refractivity contribution in [3.05, 3.63) is 75.5 Å². The molecule has 140 valence electrons. The first-order valence-electron chi connectivity index (χ1n) is 8.66. The van der Waals surface area contributed by atoms with Gasteiger partial charge in [0.05, 0.1) is 12.3 Å². The van der Waals surface area contributed by atoms with Crippen LogP contribution < -0.4 is 0 Å². The third-order valence-electron chi connectivity index (χ3n) is 4.20. The van der Waals surface area contributed by atoms with E-state index in [-0.39, 0.29) is 18.4 Å². The van der Waals surface area contributed by atoms with E-state index in [9.17, 15) is 4.79 Å². The van der Waals surface area contributed by atoms with Gasteiger partial charge >= 0.3 is 5.97 Å². The van der Waals surface area contributed by atoms with Gasteiger partial charge in [-0.15, -0.1) is 0 Å². The predicted octanol–water partition coefficient (Wildman–Crippen LogP) is 5.49.